The summed E-state index contributed by atoms with van der Waals surface area (Å²) >= 11 is 5.83. The lowest BCUT2D eigenvalue weighted by Crippen LogP contribution is -1.92. The monoisotopic (exact) mass is 233 g/mol. The minimum absolute atomic E-state index is 0.459. The zero-order chi connectivity index (χ0) is 11.5. The Kier molecular flexibility index (Phi) is 3.06. The number of benzene rings is 1. The minimum Gasteiger partial charge on any atom is -0.388 e. The Labute approximate surface area is 99.5 Å². The number of nitrogens with zero attached hydrogens (tertiary/aromatic N) is 2. The molecule has 1 heterocycles. The van der Waals surface area contributed by atoms with E-state index < -0.39 is 0 Å². The van der Waals surface area contributed by atoms with Crippen LogP contribution in [0.1, 0.15) is 5.56 Å². The number of rotatable bonds is 2. The van der Waals surface area contributed by atoms with Crippen molar-refractivity contribution in [2.24, 2.45) is 0 Å². The predicted octanol–water partition coefficient (Wildman–Crippen LogP) is 3.15. The summed E-state index contributed by atoms with van der Waals surface area (Å²) in [6, 6.07) is 7.87. The first kappa shape index (κ1) is 10.9. The van der Waals surface area contributed by atoms with E-state index in [0.29, 0.717) is 5.15 Å². The van der Waals surface area contributed by atoms with Crippen molar-refractivity contribution in [3.05, 3.63) is 41.3 Å². The third kappa shape index (κ3) is 2.14. The highest BCUT2D eigenvalue weighted by atomic mass is 35.5. The van der Waals surface area contributed by atoms with Crippen LogP contribution in [0.4, 0.5) is 5.69 Å². The van der Waals surface area contributed by atoms with Gasteiger partial charge in [0.25, 0.3) is 0 Å². The molecule has 2 rings (SSSR count). The molecule has 2 aromatic rings. The molecule has 0 aliphatic carbocycles. The van der Waals surface area contributed by atoms with Crippen LogP contribution in [0, 0.1) is 6.92 Å². The van der Waals surface area contributed by atoms with E-state index in [-0.39, 0.29) is 0 Å². The number of nitrogens with one attached hydrogen (secondary N) is 1. The molecule has 0 spiro atoms. The molecule has 3 nitrogen and oxygen atoms in total. The highest BCUT2D eigenvalue weighted by Crippen LogP contribution is 2.23. The molecule has 0 aliphatic rings. The topological polar surface area (TPSA) is 37.8 Å². The minimum atomic E-state index is 0.459. The van der Waals surface area contributed by atoms with Gasteiger partial charge in [0.1, 0.15) is 11.5 Å². The van der Waals surface area contributed by atoms with Gasteiger partial charge in [-0.3, -0.25) is 0 Å². The number of halogens is 1. The van der Waals surface area contributed by atoms with Crippen LogP contribution >= 0.6 is 11.6 Å². The van der Waals surface area contributed by atoms with Crippen molar-refractivity contribution in [3.8, 4) is 11.3 Å². The first-order chi connectivity index (χ1) is 7.70. The van der Waals surface area contributed by atoms with Gasteiger partial charge in [0.05, 0.1) is 5.69 Å². The SMILES string of the molecule is CNc1ccc(-c2cc(Cl)ncn2)cc1C. The first-order valence-electron chi connectivity index (χ1n) is 4.97. The predicted molar refractivity (Wildman–Crippen MR) is 66.8 cm³/mol. The molecule has 0 amide bonds. The molecule has 16 heavy (non-hydrogen) atoms. The standard InChI is InChI=1S/C12H12ClN3/c1-8-5-9(3-4-10(8)14-2)11-6-12(13)16-7-15-11/h3-7,14H,1-2H3. The van der Waals surface area contributed by atoms with Crippen LogP contribution in [-0.4, -0.2) is 17.0 Å². The van der Waals surface area contributed by atoms with E-state index in [0.717, 1.165) is 16.9 Å². The van der Waals surface area contributed by atoms with E-state index in [1.165, 1.54) is 11.9 Å². The highest BCUT2D eigenvalue weighted by molar-refractivity contribution is 6.29. The fraction of sp³-hybridized carbons (Fsp3) is 0.167. The number of hydrogen-bond donors (Lipinski definition) is 1. The van der Waals surface area contributed by atoms with E-state index in [1.54, 1.807) is 6.07 Å². The summed E-state index contributed by atoms with van der Waals surface area (Å²) < 4.78 is 0. The molecule has 0 aliphatic heterocycles. The molecule has 82 valence electrons. The summed E-state index contributed by atoms with van der Waals surface area (Å²) in [6.45, 7) is 2.05. The van der Waals surface area contributed by atoms with Gasteiger partial charge in [-0.2, -0.15) is 0 Å². The molecule has 4 heteroatoms. The molecular formula is C12H12ClN3. The van der Waals surface area contributed by atoms with E-state index in [1.807, 2.05) is 19.2 Å². The summed E-state index contributed by atoms with van der Waals surface area (Å²) in [5, 5.41) is 3.59. The van der Waals surface area contributed by atoms with E-state index in [4.69, 9.17) is 11.6 Å². The van der Waals surface area contributed by atoms with E-state index >= 15 is 0 Å². The van der Waals surface area contributed by atoms with Gasteiger partial charge in [0.2, 0.25) is 0 Å². The van der Waals surface area contributed by atoms with Crippen LogP contribution < -0.4 is 5.32 Å². The molecule has 0 atom stereocenters. The Morgan fingerprint density at radius 3 is 2.62 bits per heavy atom. The Morgan fingerprint density at radius 1 is 1.19 bits per heavy atom. The molecule has 1 aromatic heterocycles. The smallest absolute Gasteiger partial charge is 0.133 e. The summed E-state index contributed by atoms with van der Waals surface area (Å²) in [6.07, 6.45) is 1.47. The molecule has 0 unspecified atom stereocenters. The first-order valence-corrected chi connectivity index (χ1v) is 5.35. The van der Waals surface area contributed by atoms with Crippen LogP contribution in [0.2, 0.25) is 5.15 Å². The van der Waals surface area contributed by atoms with Gasteiger partial charge in [-0.25, -0.2) is 9.97 Å². The van der Waals surface area contributed by atoms with Gasteiger partial charge in [-0.05, 0) is 24.6 Å². The largest absolute Gasteiger partial charge is 0.388 e. The molecule has 0 fully saturated rings. The fourth-order valence-corrected chi connectivity index (χ4v) is 1.74. The molecule has 1 aromatic carbocycles. The van der Waals surface area contributed by atoms with Crippen molar-refractivity contribution in [3.63, 3.8) is 0 Å². The molecule has 1 N–H and O–H groups in total. The van der Waals surface area contributed by atoms with Gasteiger partial charge < -0.3 is 5.32 Å². The normalized spacial score (nSPS) is 10.2. The number of aromatic nitrogens is 2. The Bertz CT molecular complexity index is 511. The second kappa shape index (κ2) is 4.49. The van der Waals surface area contributed by atoms with Crippen molar-refractivity contribution in [1.29, 1.82) is 0 Å². The van der Waals surface area contributed by atoms with Crippen LogP contribution in [-0.2, 0) is 0 Å². The van der Waals surface area contributed by atoms with Gasteiger partial charge in [-0.15, -0.1) is 0 Å². The van der Waals surface area contributed by atoms with E-state index in [2.05, 4.69) is 28.3 Å². The van der Waals surface area contributed by atoms with Crippen LogP contribution in [0.5, 0.6) is 0 Å². The lowest BCUT2D eigenvalue weighted by molar-refractivity contribution is 1.17. The average Bonchev–Trinajstić information content (AvgIpc) is 2.29. The van der Waals surface area contributed by atoms with Crippen molar-refractivity contribution in [2.45, 2.75) is 6.92 Å². The summed E-state index contributed by atoms with van der Waals surface area (Å²) in [4.78, 5) is 8.05. The maximum absolute atomic E-state index is 5.83. The van der Waals surface area contributed by atoms with Gasteiger partial charge in [0.15, 0.2) is 0 Å². The summed E-state index contributed by atoms with van der Waals surface area (Å²) in [5.74, 6) is 0. The molecule has 0 bridgehead atoms. The number of aryl methyl sites for hydroxylation is 1. The lowest BCUT2D eigenvalue weighted by Gasteiger charge is -2.07. The molecule has 0 saturated heterocycles. The Hall–Kier alpha value is -1.61. The fourth-order valence-electron chi connectivity index (χ4n) is 1.59. The second-order valence-corrected chi connectivity index (χ2v) is 3.89. The zero-order valence-corrected chi connectivity index (χ0v) is 9.92. The molecular weight excluding hydrogens is 222 g/mol. The van der Waals surface area contributed by atoms with Crippen molar-refractivity contribution in [2.75, 3.05) is 12.4 Å². The van der Waals surface area contributed by atoms with Gasteiger partial charge in [-0.1, -0.05) is 17.7 Å². The summed E-state index contributed by atoms with van der Waals surface area (Å²) in [7, 11) is 1.91. The quantitative estimate of drug-likeness (QED) is 0.810. The van der Waals surface area contributed by atoms with E-state index in [9.17, 15) is 0 Å². The maximum Gasteiger partial charge on any atom is 0.133 e. The highest BCUT2D eigenvalue weighted by Gasteiger charge is 2.03. The zero-order valence-electron chi connectivity index (χ0n) is 9.16. The number of anilines is 1. The molecule has 0 saturated carbocycles. The Balaban J connectivity index is 2.45. The van der Waals surface area contributed by atoms with Crippen LogP contribution in [0.15, 0.2) is 30.6 Å². The average molecular weight is 234 g/mol. The third-order valence-corrected chi connectivity index (χ3v) is 2.63. The lowest BCUT2D eigenvalue weighted by atomic mass is 10.1. The van der Waals surface area contributed by atoms with Gasteiger partial charge >= 0.3 is 0 Å². The van der Waals surface area contributed by atoms with Crippen LogP contribution in [0.3, 0.4) is 0 Å². The maximum atomic E-state index is 5.83. The second-order valence-electron chi connectivity index (χ2n) is 3.51. The van der Waals surface area contributed by atoms with Crippen LogP contribution in [0.25, 0.3) is 11.3 Å². The van der Waals surface area contributed by atoms with Crippen molar-refractivity contribution >= 4 is 17.3 Å². The van der Waals surface area contributed by atoms with Crippen molar-refractivity contribution < 1.29 is 0 Å². The Morgan fingerprint density at radius 2 is 2.00 bits per heavy atom. The number of hydrogen-bond acceptors (Lipinski definition) is 3. The summed E-state index contributed by atoms with van der Waals surface area (Å²) in [5.41, 5.74) is 4.17. The van der Waals surface area contributed by atoms with Gasteiger partial charge in [0, 0.05) is 24.4 Å². The molecule has 0 radical (unpaired) electrons. The third-order valence-electron chi connectivity index (χ3n) is 2.43. The van der Waals surface area contributed by atoms with Crippen molar-refractivity contribution in [1.82, 2.24) is 9.97 Å².